The van der Waals surface area contributed by atoms with Gasteiger partial charge in [-0.2, -0.15) is 0 Å². The molecule has 0 bridgehead atoms. The quantitative estimate of drug-likeness (QED) is 0.585. The average Bonchev–Trinajstić information content (AvgIpc) is 2.09. The van der Waals surface area contributed by atoms with Crippen LogP contribution in [-0.2, 0) is 4.79 Å². The van der Waals surface area contributed by atoms with Gasteiger partial charge in [-0.1, -0.05) is 0 Å². The van der Waals surface area contributed by atoms with Gasteiger partial charge in [0.25, 0.3) is 0 Å². The Hall–Kier alpha value is -0.900. The van der Waals surface area contributed by atoms with Gasteiger partial charge in [0.2, 0.25) is 5.91 Å². The molecule has 0 aromatic heterocycles. The lowest BCUT2D eigenvalue weighted by molar-refractivity contribution is -0.115. The predicted molar refractivity (Wildman–Crippen MR) is 70.6 cm³/mol. The Morgan fingerprint density at radius 3 is 2.25 bits per heavy atom. The summed E-state index contributed by atoms with van der Waals surface area (Å²) in [6.45, 7) is 5.97. The summed E-state index contributed by atoms with van der Waals surface area (Å²) in [5.41, 5.74) is 4.47. The molecular weight excluding hydrogens is 228 g/mol. The Balaban J connectivity index is -0.000000292. The SMILES string of the molecule is CC(N)=O.CCN=C=NCCCN(C)C.Cl. The van der Waals surface area contributed by atoms with E-state index in [9.17, 15) is 4.79 Å². The molecule has 16 heavy (non-hydrogen) atoms. The van der Waals surface area contributed by atoms with Crippen molar-refractivity contribution in [3.05, 3.63) is 0 Å². The largest absolute Gasteiger partial charge is 0.370 e. The van der Waals surface area contributed by atoms with Crippen molar-refractivity contribution < 1.29 is 4.79 Å². The molecule has 0 aromatic carbocycles. The van der Waals surface area contributed by atoms with E-state index in [0.29, 0.717) is 0 Å². The van der Waals surface area contributed by atoms with Crippen molar-refractivity contribution in [2.45, 2.75) is 20.3 Å². The molecule has 0 aliphatic rings. The molecule has 0 aliphatic heterocycles. The van der Waals surface area contributed by atoms with Crippen molar-refractivity contribution in [3.63, 3.8) is 0 Å². The van der Waals surface area contributed by atoms with Crippen molar-refractivity contribution in [1.82, 2.24) is 4.90 Å². The van der Waals surface area contributed by atoms with Crippen molar-refractivity contribution in [1.29, 1.82) is 0 Å². The number of carbonyl (C=O) groups excluding carboxylic acids is 1. The van der Waals surface area contributed by atoms with Crippen molar-refractivity contribution in [2.75, 3.05) is 33.7 Å². The molecule has 5 nitrogen and oxygen atoms in total. The molecule has 1 amide bonds. The summed E-state index contributed by atoms with van der Waals surface area (Å²) in [4.78, 5) is 19.2. The second-order valence-electron chi connectivity index (χ2n) is 3.22. The van der Waals surface area contributed by atoms with Crippen LogP contribution in [0.5, 0.6) is 0 Å². The lowest BCUT2D eigenvalue weighted by atomic mass is 10.4. The number of hydrogen-bond acceptors (Lipinski definition) is 4. The molecule has 0 unspecified atom stereocenters. The third-order valence-electron chi connectivity index (χ3n) is 1.17. The molecule has 0 saturated carbocycles. The minimum Gasteiger partial charge on any atom is -0.370 e. The second-order valence-corrected chi connectivity index (χ2v) is 3.22. The van der Waals surface area contributed by atoms with Crippen LogP contribution in [0.2, 0.25) is 0 Å². The van der Waals surface area contributed by atoms with Crippen LogP contribution in [0.15, 0.2) is 9.98 Å². The lowest BCUT2D eigenvalue weighted by Crippen LogP contribution is -2.13. The summed E-state index contributed by atoms with van der Waals surface area (Å²) >= 11 is 0. The first kappa shape index (κ1) is 20.5. The summed E-state index contributed by atoms with van der Waals surface area (Å²) in [5, 5.41) is 0. The van der Waals surface area contributed by atoms with Crippen LogP contribution in [0.25, 0.3) is 0 Å². The first-order chi connectivity index (χ1) is 7.00. The second kappa shape index (κ2) is 16.5. The Morgan fingerprint density at radius 1 is 1.38 bits per heavy atom. The molecule has 96 valence electrons. The Bertz CT molecular complexity index is 209. The van der Waals surface area contributed by atoms with Crippen LogP contribution in [0.4, 0.5) is 0 Å². The van der Waals surface area contributed by atoms with Gasteiger partial charge in [-0.05, 0) is 34.0 Å². The fourth-order valence-electron chi connectivity index (χ4n) is 0.637. The van der Waals surface area contributed by atoms with Crippen molar-refractivity contribution in [3.8, 4) is 0 Å². The smallest absolute Gasteiger partial charge is 0.214 e. The number of halogens is 1. The van der Waals surface area contributed by atoms with Gasteiger partial charge < -0.3 is 10.6 Å². The topological polar surface area (TPSA) is 71.0 Å². The maximum absolute atomic E-state index is 9.22. The first-order valence-corrected chi connectivity index (χ1v) is 4.99. The maximum Gasteiger partial charge on any atom is 0.214 e. The normalized spacial score (nSPS) is 8.06. The molecule has 0 heterocycles. The summed E-state index contributed by atoms with van der Waals surface area (Å²) < 4.78 is 0. The van der Waals surface area contributed by atoms with Crippen LogP contribution in [0, 0.1) is 0 Å². The van der Waals surface area contributed by atoms with Gasteiger partial charge >= 0.3 is 0 Å². The van der Waals surface area contributed by atoms with E-state index < -0.39 is 0 Å². The molecule has 0 radical (unpaired) electrons. The van der Waals surface area contributed by atoms with E-state index in [4.69, 9.17) is 0 Å². The van der Waals surface area contributed by atoms with Gasteiger partial charge in [-0.25, -0.2) is 9.98 Å². The van der Waals surface area contributed by atoms with E-state index in [1.807, 2.05) is 6.92 Å². The van der Waals surface area contributed by atoms with E-state index in [1.165, 1.54) is 6.92 Å². The number of carbonyl (C=O) groups is 1. The summed E-state index contributed by atoms with van der Waals surface area (Å²) in [7, 11) is 4.12. The highest BCUT2D eigenvalue weighted by molar-refractivity contribution is 5.85. The van der Waals surface area contributed by atoms with E-state index in [-0.39, 0.29) is 18.3 Å². The van der Waals surface area contributed by atoms with Crippen molar-refractivity contribution in [2.24, 2.45) is 15.7 Å². The van der Waals surface area contributed by atoms with Crippen LogP contribution < -0.4 is 5.73 Å². The fraction of sp³-hybridized carbons (Fsp3) is 0.800. The number of nitrogens with zero attached hydrogens (tertiary/aromatic N) is 3. The lowest BCUT2D eigenvalue weighted by Gasteiger charge is -2.05. The van der Waals surface area contributed by atoms with Crippen LogP contribution in [0.1, 0.15) is 20.3 Å². The zero-order valence-electron chi connectivity index (χ0n) is 10.6. The Kier molecular flexibility index (Phi) is 21.2. The molecule has 0 atom stereocenters. The van der Waals surface area contributed by atoms with Gasteiger partial charge in [0.1, 0.15) is 0 Å². The minimum absolute atomic E-state index is 0. The summed E-state index contributed by atoms with van der Waals surface area (Å²) in [5.74, 6) is -0.333. The highest BCUT2D eigenvalue weighted by atomic mass is 35.5. The summed E-state index contributed by atoms with van der Waals surface area (Å²) in [6.07, 6.45) is 1.08. The molecule has 2 N–H and O–H groups in total. The molecule has 0 saturated heterocycles. The summed E-state index contributed by atoms with van der Waals surface area (Å²) in [6, 6.07) is 2.64. The highest BCUT2D eigenvalue weighted by Crippen LogP contribution is 1.82. The number of aliphatic imine (C=N–C) groups is 2. The van der Waals surface area contributed by atoms with Crippen LogP contribution in [-0.4, -0.2) is 50.5 Å². The van der Waals surface area contributed by atoms with Crippen molar-refractivity contribution >= 4 is 24.3 Å². The molecule has 0 fully saturated rings. The number of nitrogens with two attached hydrogens (primary N) is 1. The van der Waals surface area contributed by atoms with Gasteiger partial charge in [0.05, 0.1) is 12.6 Å². The van der Waals surface area contributed by atoms with Crippen LogP contribution in [0.3, 0.4) is 0 Å². The maximum atomic E-state index is 9.22. The molecular formula is C10H23ClN4O. The van der Waals surface area contributed by atoms with E-state index in [2.05, 4.69) is 40.7 Å². The molecule has 0 rings (SSSR count). The number of rotatable bonds is 5. The minimum atomic E-state index is -0.333. The standard InChI is InChI=1S/C8H17N3.C2H5NO.ClH/c1-4-9-8-10-6-5-7-11(2)3;1-2(3)4;/h4-7H2,1-3H3;1H3,(H2,3,4);1H. The zero-order chi connectivity index (χ0) is 12.1. The Labute approximate surface area is 104 Å². The van der Waals surface area contributed by atoms with E-state index >= 15 is 0 Å². The third kappa shape index (κ3) is 38.0. The van der Waals surface area contributed by atoms with Gasteiger partial charge in [0.15, 0.2) is 0 Å². The van der Waals surface area contributed by atoms with Gasteiger partial charge in [0, 0.05) is 13.5 Å². The molecule has 0 spiro atoms. The highest BCUT2D eigenvalue weighted by Gasteiger charge is 1.86. The van der Waals surface area contributed by atoms with Gasteiger partial charge in [-0.3, -0.25) is 4.79 Å². The molecule has 0 aromatic rings. The molecule has 6 heteroatoms. The monoisotopic (exact) mass is 250 g/mol. The molecule has 0 aliphatic carbocycles. The van der Waals surface area contributed by atoms with E-state index in [1.54, 1.807) is 0 Å². The Morgan fingerprint density at radius 2 is 1.88 bits per heavy atom. The zero-order valence-corrected chi connectivity index (χ0v) is 11.4. The van der Waals surface area contributed by atoms with E-state index in [0.717, 1.165) is 26.1 Å². The average molecular weight is 251 g/mol. The number of hydrogen-bond donors (Lipinski definition) is 1. The number of amides is 1. The fourth-order valence-corrected chi connectivity index (χ4v) is 0.637. The van der Waals surface area contributed by atoms with Gasteiger partial charge in [-0.15, -0.1) is 12.4 Å². The number of primary amides is 1. The predicted octanol–water partition coefficient (Wildman–Crippen LogP) is 1.05. The van der Waals surface area contributed by atoms with Crippen LogP contribution >= 0.6 is 12.4 Å². The first-order valence-electron chi connectivity index (χ1n) is 4.99. The third-order valence-corrected chi connectivity index (χ3v) is 1.17.